The Hall–Kier alpha value is -3.66. The fourth-order valence-corrected chi connectivity index (χ4v) is 7.15. The van der Waals surface area contributed by atoms with Crippen molar-refractivity contribution in [2.24, 2.45) is 5.92 Å². The topological polar surface area (TPSA) is 101 Å². The number of carbonyl (C=O) groups is 3. The van der Waals surface area contributed by atoms with Crippen LogP contribution in [-0.4, -0.2) is 64.6 Å². The van der Waals surface area contributed by atoms with E-state index in [1.54, 1.807) is 15.9 Å². The quantitative estimate of drug-likeness (QED) is 0.285. The number of carbonyl (C=O) groups excluding carboxylic acids is 3. The maximum atomic E-state index is 14.2. The molecule has 1 aromatic heterocycles. The molecule has 42 heavy (non-hydrogen) atoms. The van der Waals surface area contributed by atoms with Crippen LogP contribution in [0.15, 0.2) is 42.8 Å². The Morgan fingerprint density at radius 3 is 2.74 bits per heavy atom. The van der Waals surface area contributed by atoms with Crippen LogP contribution in [0.5, 0.6) is 0 Å². The number of methoxy groups -OCH3 is 1. The van der Waals surface area contributed by atoms with Gasteiger partial charge >= 0.3 is 12.1 Å². The maximum absolute atomic E-state index is 14.2. The number of likely N-dealkylation sites (tertiary alicyclic amines) is 1. The predicted molar refractivity (Wildman–Crippen MR) is 163 cm³/mol. The second-order valence-electron chi connectivity index (χ2n) is 11.3. The summed E-state index contributed by atoms with van der Waals surface area (Å²) in [6, 6.07) is 4.58. The molecule has 2 aromatic rings. The van der Waals surface area contributed by atoms with Crippen molar-refractivity contribution in [2.45, 2.75) is 82.6 Å². The average Bonchev–Trinajstić information content (AvgIpc) is 3.77. The lowest BCUT2D eigenvalue weighted by atomic mass is 9.83. The summed E-state index contributed by atoms with van der Waals surface area (Å²) >= 11 is 1.48. The molecule has 2 amide bonds. The summed E-state index contributed by atoms with van der Waals surface area (Å²) in [4.78, 5) is 48.2. The molecule has 2 aliphatic heterocycles. The van der Waals surface area contributed by atoms with Crippen LogP contribution in [0.2, 0.25) is 0 Å². The number of ether oxygens (including phenoxy) is 2. The summed E-state index contributed by atoms with van der Waals surface area (Å²) in [5.41, 5.74) is 4.09. The Balaban J connectivity index is 1.30. The van der Waals surface area contributed by atoms with Crippen LogP contribution in [0.4, 0.5) is 9.93 Å². The van der Waals surface area contributed by atoms with Crippen LogP contribution < -0.4 is 5.32 Å². The van der Waals surface area contributed by atoms with E-state index in [0.717, 1.165) is 67.3 Å². The largest absolute Gasteiger partial charge is 0.467 e. The van der Waals surface area contributed by atoms with Gasteiger partial charge in [-0.2, -0.15) is 0 Å². The average molecular weight is 593 g/mol. The molecule has 0 bridgehead atoms. The number of esters is 1. The van der Waals surface area contributed by atoms with Crippen molar-refractivity contribution >= 4 is 40.5 Å². The van der Waals surface area contributed by atoms with E-state index in [0.29, 0.717) is 18.2 Å². The lowest BCUT2D eigenvalue weighted by Crippen LogP contribution is -2.51. The van der Waals surface area contributed by atoms with E-state index < -0.39 is 30.3 Å². The molecule has 3 heterocycles. The number of aromatic nitrogens is 1. The molecule has 3 aliphatic rings. The minimum absolute atomic E-state index is 0.119. The molecule has 0 radical (unpaired) electrons. The first-order chi connectivity index (χ1) is 20.4. The normalized spacial score (nSPS) is 21.0. The molecule has 1 aromatic carbocycles. The second kappa shape index (κ2) is 13.5. The molecular weight excluding hydrogens is 552 g/mol. The minimum Gasteiger partial charge on any atom is -0.467 e. The summed E-state index contributed by atoms with van der Waals surface area (Å²) in [6.07, 6.45) is 9.54. The number of fused-ring (bicyclic) bond motifs is 1. The van der Waals surface area contributed by atoms with E-state index in [4.69, 9.17) is 14.5 Å². The number of amides is 2. The molecule has 10 heteroatoms. The first kappa shape index (κ1) is 29.8. The molecule has 1 saturated carbocycles. The number of aryl methyl sites for hydroxylation is 1. The highest BCUT2D eigenvalue weighted by Gasteiger charge is 2.46. The summed E-state index contributed by atoms with van der Waals surface area (Å²) in [5.74, 6) is -0.564. The van der Waals surface area contributed by atoms with Gasteiger partial charge in [-0.15, -0.1) is 17.9 Å². The van der Waals surface area contributed by atoms with Crippen LogP contribution in [-0.2, 0) is 38.6 Å². The first-order valence-corrected chi connectivity index (χ1v) is 15.7. The van der Waals surface area contributed by atoms with Crippen molar-refractivity contribution in [1.82, 2.24) is 14.8 Å². The Labute approximate surface area is 251 Å². The zero-order chi connectivity index (χ0) is 29.6. The number of benzene rings is 1. The summed E-state index contributed by atoms with van der Waals surface area (Å²) < 4.78 is 11.0. The third-order valence-corrected chi connectivity index (χ3v) is 9.43. The summed E-state index contributed by atoms with van der Waals surface area (Å²) in [5, 5.41) is 6.14. The highest BCUT2D eigenvalue weighted by atomic mass is 32.1. The third kappa shape index (κ3) is 6.53. The van der Waals surface area contributed by atoms with Crippen molar-refractivity contribution in [3.05, 3.63) is 65.2 Å². The van der Waals surface area contributed by atoms with Crippen molar-refractivity contribution in [3.8, 4) is 0 Å². The molecule has 0 unspecified atom stereocenters. The molecule has 9 nitrogen and oxygen atoms in total. The first-order valence-electron chi connectivity index (χ1n) is 14.8. The molecule has 1 aliphatic carbocycles. The van der Waals surface area contributed by atoms with Gasteiger partial charge in [-0.1, -0.05) is 56.2 Å². The van der Waals surface area contributed by atoms with Crippen LogP contribution in [0.25, 0.3) is 6.08 Å². The molecule has 224 valence electrons. The molecule has 0 spiro atoms. The van der Waals surface area contributed by atoms with Crippen LogP contribution in [0.1, 0.15) is 67.3 Å². The van der Waals surface area contributed by atoms with Gasteiger partial charge in [0.25, 0.3) is 0 Å². The number of rotatable bonds is 10. The Morgan fingerprint density at radius 1 is 1.19 bits per heavy atom. The van der Waals surface area contributed by atoms with Crippen molar-refractivity contribution in [2.75, 3.05) is 19.0 Å². The van der Waals surface area contributed by atoms with Gasteiger partial charge in [0.1, 0.15) is 18.2 Å². The number of nitrogens with zero attached hydrogens (tertiary/aromatic N) is 3. The summed E-state index contributed by atoms with van der Waals surface area (Å²) in [6.45, 7) is 8.68. The number of allylic oxidation sites excluding steroid dienone is 1. The standard InChI is InChI=1S/C32H40N4O5S/c1-4-6-15-24-20-42-31(33-24)34-28(22-11-8-7-9-12-22)29(37)36-18-25(16-27(36)30(38)40-3)41-32(39)35-17-23-14-10-13-21(5-2)26(23)19-35/h4-5,10,13-14,20,22,25,27-28H,1-2,6-9,11-12,15-19H2,3H3,(H,33,34)/t25-,27+,28+/m1/s1. The number of hydrogen-bond acceptors (Lipinski definition) is 8. The van der Waals surface area contributed by atoms with Crippen molar-refractivity contribution in [3.63, 3.8) is 0 Å². The number of anilines is 1. The maximum Gasteiger partial charge on any atom is 0.410 e. The van der Waals surface area contributed by atoms with Crippen molar-refractivity contribution < 1.29 is 23.9 Å². The molecule has 5 rings (SSSR count). The van der Waals surface area contributed by atoms with E-state index in [-0.39, 0.29) is 24.8 Å². The van der Waals surface area contributed by atoms with E-state index >= 15 is 0 Å². The zero-order valence-electron chi connectivity index (χ0n) is 24.3. The van der Waals surface area contributed by atoms with Gasteiger partial charge < -0.3 is 19.7 Å². The monoisotopic (exact) mass is 592 g/mol. The van der Waals surface area contributed by atoms with Gasteiger partial charge in [0.2, 0.25) is 5.91 Å². The highest BCUT2D eigenvalue weighted by Crippen LogP contribution is 2.33. The second-order valence-corrected chi connectivity index (χ2v) is 12.2. The van der Waals surface area contributed by atoms with Gasteiger partial charge in [0.05, 0.1) is 25.9 Å². The van der Waals surface area contributed by atoms with Gasteiger partial charge in [-0.05, 0) is 48.3 Å². The van der Waals surface area contributed by atoms with Gasteiger partial charge in [-0.3, -0.25) is 9.69 Å². The molecule has 1 saturated heterocycles. The van der Waals surface area contributed by atoms with Crippen molar-refractivity contribution in [1.29, 1.82) is 0 Å². The molecule has 3 atom stereocenters. The van der Waals surface area contributed by atoms with Crippen LogP contribution in [0, 0.1) is 5.92 Å². The highest BCUT2D eigenvalue weighted by molar-refractivity contribution is 7.13. The predicted octanol–water partition coefficient (Wildman–Crippen LogP) is 5.56. The van der Waals surface area contributed by atoms with E-state index in [1.165, 1.54) is 18.4 Å². The molecule has 2 fully saturated rings. The summed E-state index contributed by atoms with van der Waals surface area (Å²) in [7, 11) is 1.32. The fourth-order valence-electron chi connectivity index (χ4n) is 6.37. The number of hydrogen-bond donors (Lipinski definition) is 1. The van der Waals surface area contributed by atoms with Gasteiger partial charge in [0, 0.05) is 18.3 Å². The third-order valence-electron chi connectivity index (χ3n) is 8.61. The fraction of sp³-hybridized carbons (Fsp3) is 0.500. The Kier molecular flexibility index (Phi) is 9.62. The lowest BCUT2D eigenvalue weighted by molar-refractivity contribution is -0.151. The van der Waals surface area contributed by atoms with E-state index in [9.17, 15) is 14.4 Å². The molecular formula is C32H40N4O5S. The van der Waals surface area contributed by atoms with E-state index in [1.807, 2.05) is 29.7 Å². The van der Waals surface area contributed by atoms with Gasteiger partial charge in [0.15, 0.2) is 5.13 Å². The smallest absolute Gasteiger partial charge is 0.410 e. The van der Waals surface area contributed by atoms with Crippen LogP contribution in [0.3, 0.4) is 0 Å². The Morgan fingerprint density at radius 2 is 2.00 bits per heavy atom. The van der Waals surface area contributed by atoms with Gasteiger partial charge in [-0.25, -0.2) is 14.6 Å². The SMILES string of the molecule is C=CCCc1csc(N[C@H](C(=O)N2C[C@H](OC(=O)N3Cc4cccc(C=C)c4C3)C[C@H]2C(=O)OC)C2CCCCC2)n1. The number of nitrogens with one attached hydrogen (secondary N) is 1. The number of thiazole rings is 1. The van der Waals surface area contributed by atoms with Crippen LogP contribution >= 0.6 is 11.3 Å². The lowest BCUT2D eigenvalue weighted by Gasteiger charge is -2.34. The Bertz CT molecular complexity index is 1320. The van der Waals surface area contributed by atoms with E-state index in [2.05, 4.69) is 18.5 Å². The molecule has 1 N–H and O–H groups in total. The minimum atomic E-state index is -0.823. The zero-order valence-corrected chi connectivity index (χ0v) is 25.1.